The van der Waals surface area contributed by atoms with Gasteiger partial charge in [-0.2, -0.15) is 0 Å². The van der Waals surface area contributed by atoms with E-state index in [1.54, 1.807) is 0 Å². The summed E-state index contributed by atoms with van der Waals surface area (Å²) in [7, 11) is 0. The van der Waals surface area contributed by atoms with Crippen LogP contribution in [0, 0.1) is 10.8 Å². The van der Waals surface area contributed by atoms with Gasteiger partial charge in [0.2, 0.25) is 0 Å². The van der Waals surface area contributed by atoms with Gasteiger partial charge in [0.15, 0.2) is 0 Å². The topological polar surface area (TPSA) is 40.5 Å². The molecule has 0 unspecified atom stereocenters. The monoisotopic (exact) mass is 384 g/mol. The summed E-state index contributed by atoms with van der Waals surface area (Å²) in [4.78, 5) is 0. The summed E-state index contributed by atoms with van der Waals surface area (Å²) in [6.45, 7) is -2.03. The third kappa shape index (κ3) is 3.15. The molecule has 0 heterocycles. The Hall–Kier alpha value is -2.24. The minimum absolute atomic E-state index is 0.0808. The first-order valence-corrected chi connectivity index (χ1v) is 8.57. The van der Waals surface area contributed by atoms with Crippen LogP contribution in [0.4, 0.5) is 17.6 Å². The van der Waals surface area contributed by atoms with Gasteiger partial charge in [0.1, 0.15) is 11.5 Å². The number of alkyl halides is 4. The molecule has 27 heavy (non-hydrogen) atoms. The van der Waals surface area contributed by atoms with Gasteiger partial charge in [-0.1, -0.05) is 38.1 Å². The van der Waals surface area contributed by atoms with E-state index in [4.69, 9.17) is 0 Å². The first-order valence-electron chi connectivity index (χ1n) is 8.57. The Morgan fingerprint density at radius 1 is 0.593 bits per heavy atom. The van der Waals surface area contributed by atoms with Gasteiger partial charge in [0.05, 0.1) is 26.7 Å². The van der Waals surface area contributed by atoms with Gasteiger partial charge < -0.3 is 10.2 Å². The van der Waals surface area contributed by atoms with Crippen molar-refractivity contribution >= 4 is 0 Å². The van der Waals surface area contributed by atoms with Gasteiger partial charge >= 0.3 is 0 Å². The van der Waals surface area contributed by atoms with Crippen molar-refractivity contribution in [1.82, 2.24) is 0 Å². The van der Waals surface area contributed by atoms with E-state index in [-0.39, 0.29) is 22.6 Å². The number of hydrogen-bond acceptors (Lipinski definition) is 2. The lowest BCUT2D eigenvalue weighted by atomic mass is 9.47. The van der Waals surface area contributed by atoms with Crippen LogP contribution in [0.3, 0.4) is 0 Å². The maximum Gasteiger partial charge on any atom is 0.115 e. The van der Waals surface area contributed by atoms with Crippen LogP contribution in [0.5, 0.6) is 11.5 Å². The quantitative estimate of drug-likeness (QED) is 0.609. The molecular weight excluding hydrogens is 360 g/mol. The molecule has 0 aromatic heterocycles. The molecular formula is C21H24F4O2. The molecule has 0 aliphatic heterocycles. The Labute approximate surface area is 156 Å². The lowest BCUT2D eigenvalue weighted by Gasteiger charge is -2.55. The summed E-state index contributed by atoms with van der Waals surface area (Å²) >= 11 is 0. The van der Waals surface area contributed by atoms with Gasteiger partial charge in [0.25, 0.3) is 0 Å². The minimum Gasteiger partial charge on any atom is -0.508 e. The zero-order valence-electron chi connectivity index (χ0n) is 15.4. The zero-order chi connectivity index (χ0) is 20.3. The Morgan fingerprint density at radius 2 is 0.852 bits per heavy atom. The lowest BCUT2D eigenvalue weighted by Crippen LogP contribution is -2.59. The van der Waals surface area contributed by atoms with Crippen LogP contribution in [-0.4, -0.2) is 36.9 Å². The predicted octanol–water partition coefficient (Wildman–Crippen LogP) is 5.27. The van der Waals surface area contributed by atoms with Crippen molar-refractivity contribution in [1.29, 1.82) is 0 Å². The first-order chi connectivity index (χ1) is 12.7. The van der Waals surface area contributed by atoms with Crippen molar-refractivity contribution in [2.24, 2.45) is 10.8 Å². The Kier molecular flexibility index (Phi) is 6.07. The van der Waals surface area contributed by atoms with Gasteiger partial charge in [-0.3, -0.25) is 17.6 Å². The van der Waals surface area contributed by atoms with Crippen LogP contribution >= 0.6 is 0 Å². The molecule has 0 atom stereocenters. The van der Waals surface area contributed by atoms with E-state index in [1.165, 1.54) is 62.4 Å². The smallest absolute Gasteiger partial charge is 0.115 e. The molecule has 0 radical (unpaired) electrons. The summed E-state index contributed by atoms with van der Waals surface area (Å²) < 4.78 is 57.1. The molecule has 2 rings (SSSR count). The van der Waals surface area contributed by atoms with Crippen LogP contribution in [0.1, 0.15) is 25.0 Å². The Bertz CT molecular complexity index is 670. The zero-order valence-corrected chi connectivity index (χ0v) is 15.4. The number of halogens is 4. The molecule has 6 heteroatoms. The normalized spacial score (nSPS) is 13.0. The molecule has 0 bridgehead atoms. The molecule has 2 aromatic rings. The molecule has 0 saturated carbocycles. The highest BCUT2D eigenvalue weighted by atomic mass is 19.1. The Balaban J connectivity index is 3.01. The van der Waals surface area contributed by atoms with E-state index in [0.717, 1.165) is 0 Å². The second-order valence-corrected chi connectivity index (χ2v) is 7.50. The summed E-state index contributed by atoms with van der Waals surface area (Å²) in [5.74, 6) is -0.162. The summed E-state index contributed by atoms with van der Waals surface area (Å²) in [6, 6.07) is 11.0. The second-order valence-electron chi connectivity index (χ2n) is 7.50. The van der Waals surface area contributed by atoms with Crippen molar-refractivity contribution in [2.75, 3.05) is 26.7 Å². The minimum atomic E-state index is -1.80. The average Bonchev–Trinajstić information content (AvgIpc) is 2.70. The van der Waals surface area contributed by atoms with Crippen molar-refractivity contribution in [2.45, 2.75) is 19.3 Å². The molecule has 0 spiro atoms. The van der Waals surface area contributed by atoms with Gasteiger partial charge in [-0.25, -0.2) is 0 Å². The highest BCUT2D eigenvalue weighted by Gasteiger charge is 2.61. The van der Waals surface area contributed by atoms with Gasteiger partial charge in [-0.15, -0.1) is 0 Å². The number of phenolic OH excluding ortho intramolecular Hbond substituents is 2. The maximum absolute atomic E-state index is 14.3. The summed E-state index contributed by atoms with van der Waals surface area (Å²) in [5.41, 5.74) is -4.78. The number of aromatic hydroxyl groups is 2. The third-order valence-corrected chi connectivity index (χ3v) is 5.59. The number of hydrogen-bond donors (Lipinski definition) is 2. The Morgan fingerprint density at radius 3 is 1.07 bits per heavy atom. The van der Waals surface area contributed by atoms with Crippen LogP contribution < -0.4 is 0 Å². The van der Waals surface area contributed by atoms with Gasteiger partial charge in [0, 0.05) is 16.2 Å². The molecule has 0 amide bonds. The predicted molar refractivity (Wildman–Crippen MR) is 97.1 cm³/mol. The molecule has 0 saturated heterocycles. The first kappa shape index (κ1) is 21.1. The van der Waals surface area contributed by atoms with E-state index in [2.05, 4.69) is 0 Å². The van der Waals surface area contributed by atoms with E-state index >= 15 is 0 Å². The molecule has 0 aliphatic carbocycles. The molecule has 2 N–H and O–H groups in total. The van der Waals surface area contributed by atoms with E-state index in [1.807, 2.05) is 0 Å². The fourth-order valence-electron chi connectivity index (χ4n) is 4.18. The van der Waals surface area contributed by atoms with Gasteiger partial charge in [-0.05, 0) is 35.4 Å². The molecule has 2 aromatic carbocycles. The SMILES string of the molecule is CC(CF)(CF)C(c1ccc(O)cc1)(c1ccc(O)cc1)C(C)(CF)CF. The van der Waals surface area contributed by atoms with Crippen LogP contribution in [0.2, 0.25) is 0 Å². The average molecular weight is 384 g/mol. The summed E-state index contributed by atoms with van der Waals surface area (Å²) in [6.07, 6.45) is 0. The highest BCUT2D eigenvalue weighted by Crippen LogP contribution is 2.59. The third-order valence-electron chi connectivity index (χ3n) is 5.59. The van der Waals surface area contributed by atoms with E-state index < -0.39 is 42.9 Å². The maximum atomic E-state index is 14.3. The summed E-state index contributed by atoms with van der Waals surface area (Å²) in [5, 5.41) is 19.3. The lowest BCUT2D eigenvalue weighted by molar-refractivity contribution is -0.0287. The van der Waals surface area contributed by atoms with Crippen molar-refractivity contribution < 1.29 is 27.8 Å². The molecule has 2 nitrogen and oxygen atoms in total. The van der Waals surface area contributed by atoms with Crippen molar-refractivity contribution in [3.05, 3.63) is 59.7 Å². The molecule has 148 valence electrons. The van der Waals surface area contributed by atoms with Crippen LogP contribution in [-0.2, 0) is 5.41 Å². The van der Waals surface area contributed by atoms with Crippen LogP contribution in [0.25, 0.3) is 0 Å². The highest BCUT2D eigenvalue weighted by molar-refractivity contribution is 5.48. The molecule has 0 fully saturated rings. The fraction of sp³-hybridized carbons (Fsp3) is 0.429. The van der Waals surface area contributed by atoms with E-state index in [9.17, 15) is 27.8 Å². The molecule has 0 aliphatic rings. The van der Waals surface area contributed by atoms with Crippen molar-refractivity contribution in [3.63, 3.8) is 0 Å². The fourth-order valence-corrected chi connectivity index (χ4v) is 4.18. The number of benzene rings is 2. The second kappa shape index (κ2) is 7.79. The van der Waals surface area contributed by atoms with Crippen LogP contribution in [0.15, 0.2) is 48.5 Å². The van der Waals surface area contributed by atoms with E-state index in [0.29, 0.717) is 0 Å². The number of rotatable bonds is 8. The standard InChI is InChI=1S/C21H24F4O2/c1-19(11-22,12-23)21(20(2,13-24)14-25,15-3-7-17(26)8-4-15)16-5-9-18(27)10-6-16/h3-10,26-27H,11-14H2,1-2H3. The largest absolute Gasteiger partial charge is 0.508 e. The number of phenols is 2. The van der Waals surface area contributed by atoms with Crippen molar-refractivity contribution in [3.8, 4) is 11.5 Å².